The molecule has 5 heteroatoms. The second-order valence-corrected chi connectivity index (χ2v) is 3.45. The van der Waals surface area contributed by atoms with Crippen molar-refractivity contribution >= 4 is 11.9 Å². The molecule has 0 unspecified atom stereocenters. The van der Waals surface area contributed by atoms with Crippen molar-refractivity contribution in [2.75, 3.05) is 20.2 Å². The highest BCUT2D eigenvalue weighted by Gasteiger charge is 2.18. The average molecular weight is 239 g/mol. The minimum absolute atomic E-state index is 0.0562. The maximum absolute atomic E-state index is 13.3. The molecule has 0 spiro atoms. The van der Waals surface area contributed by atoms with Crippen LogP contribution in [0.2, 0.25) is 0 Å². The molecule has 4 nitrogen and oxygen atoms in total. The van der Waals surface area contributed by atoms with Crippen molar-refractivity contribution in [3.05, 3.63) is 35.6 Å². The van der Waals surface area contributed by atoms with E-state index in [4.69, 9.17) is 4.74 Å². The van der Waals surface area contributed by atoms with Crippen molar-refractivity contribution in [1.29, 1.82) is 0 Å². The van der Waals surface area contributed by atoms with Gasteiger partial charge in [0.15, 0.2) is 0 Å². The first kappa shape index (κ1) is 13.2. The molecule has 1 rings (SSSR count). The summed E-state index contributed by atoms with van der Waals surface area (Å²) in [5, 5.41) is 0. The van der Waals surface area contributed by atoms with Crippen LogP contribution >= 0.6 is 0 Å². The Hall–Kier alpha value is -1.91. The topological polar surface area (TPSA) is 46.6 Å². The molecule has 0 radical (unpaired) electrons. The lowest BCUT2D eigenvalue weighted by Gasteiger charge is -2.16. The second-order valence-electron chi connectivity index (χ2n) is 3.45. The standard InChI is InChI=1S/C12H14FNO3/c1-3-17-11(15)8-14(2)12(16)9-6-4-5-7-10(9)13/h4-7H,3,8H2,1-2H3. The molecule has 17 heavy (non-hydrogen) atoms. The van der Waals surface area contributed by atoms with Crippen molar-refractivity contribution in [3.8, 4) is 0 Å². The van der Waals surface area contributed by atoms with E-state index < -0.39 is 17.7 Å². The molecule has 0 bridgehead atoms. The third-order valence-electron chi connectivity index (χ3n) is 2.12. The third-order valence-corrected chi connectivity index (χ3v) is 2.12. The van der Waals surface area contributed by atoms with Gasteiger partial charge in [0.25, 0.3) is 5.91 Å². The Morgan fingerprint density at radius 1 is 1.35 bits per heavy atom. The van der Waals surface area contributed by atoms with E-state index in [1.165, 1.54) is 25.2 Å². The second kappa shape index (κ2) is 5.98. The minimum atomic E-state index is -0.604. The first-order valence-corrected chi connectivity index (χ1v) is 5.22. The van der Waals surface area contributed by atoms with Gasteiger partial charge in [0.2, 0.25) is 0 Å². The molecule has 0 N–H and O–H groups in total. The molecule has 0 saturated carbocycles. The van der Waals surface area contributed by atoms with E-state index in [2.05, 4.69) is 0 Å². The van der Waals surface area contributed by atoms with Gasteiger partial charge in [-0.2, -0.15) is 0 Å². The zero-order valence-electron chi connectivity index (χ0n) is 9.77. The quantitative estimate of drug-likeness (QED) is 0.747. The summed E-state index contributed by atoms with van der Waals surface area (Å²) in [5.41, 5.74) is -0.0562. The first-order chi connectivity index (χ1) is 8.06. The summed E-state index contributed by atoms with van der Waals surface area (Å²) < 4.78 is 18.0. The van der Waals surface area contributed by atoms with E-state index in [-0.39, 0.29) is 18.7 Å². The van der Waals surface area contributed by atoms with Gasteiger partial charge in [0, 0.05) is 7.05 Å². The summed E-state index contributed by atoms with van der Waals surface area (Å²) in [6.45, 7) is 1.73. The smallest absolute Gasteiger partial charge is 0.325 e. The van der Waals surface area contributed by atoms with Crippen LogP contribution in [0.1, 0.15) is 17.3 Å². The van der Waals surface area contributed by atoms with Gasteiger partial charge in [-0.05, 0) is 19.1 Å². The molecule has 1 aromatic carbocycles. The summed E-state index contributed by atoms with van der Waals surface area (Å²) in [6.07, 6.45) is 0. The minimum Gasteiger partial charge on any atom is -0.465 e. The van der Waals surface area contributed by atoms with E-state index in [1.807, 2.05) is 0 Å². The van der Waals surface area contributed by atoms with E-state index in [9.17, 15) is 14.0 Å². The van der Waals surface area contributed by atoms with Crippen LogP contribution in [0.5, 0.6) is 0 Å². The van der Waals surface area contributed by atoms with Crippen LogP contribution in [0, 0.1) is 5.82 Å². The van der Waals surface area contributed by atoms with Crippen LogP contribution in [0.4, 0.5) is 4.39 Å². The number of nitrogens with zero attached hydrogens (tertiary/aromatic N) is 1. The molecule has 0 aliphatic rings. The zero-order valence-corrected chi connectivity index (χ0v) is 9.77. The highest BCUT2D eigenvalue weighted by atomic mass is 19.1. The first-order valence-electron chi connectivity index (χ1n) is 5.22. The fourth-order valence-corrected chi connectivity index (χ4v) is 1.31. The molecule has 0 aromatic heterocycles. The van der Waals surface area contributed by atoms with Crippen LogP contribution in [-0.4, -0.2) is 37.0 Å². The normalized spacial score (nSPS) is 9.82. The summed E-state index contributed by atoms with van der Waals surface area (Å²) in [5.74, 6) is -1.66. The number of likely N-dealkylation sites (N-methyl/N-ethyl adjacent to an activating group) is 1. The molecule has 0 aliphatic heterocycles. The SMILES string of the molecule is CCOC(=O)CN(C)C(=O)c1ccccc1F. The summed E-state index contributed by atoms with van der Waals surface area (Å²) in [4.78, 5) is 24.1. The molecule has 0 fully saturated rings. The van der Waals surface area contributed by atoms with Gasteiger partial charge >= 0.3 is 5.97 Å². The van der Waals surface area contributed by atoms with Crippen LogP contribution < -0.4 is 0 Å². The van der Waals surface area contributed by atoms with E-state index in [0.717, 1.165) is 4.90 Å². The molecule has 1 amide bonds. The van der Waals surface area contributed by atoms with Crippen molar-refractivity contribution in [2.24, 2.45) is 0 Å². The number of hydrogen-bond donors (Lipinski definition) is 0. The Bertz CT molecular complexity index is 420. The monoisotopic (exact) mass is 239 g/mol. The Balaban J connectivity index is 2.70. The lowest BCUT2D eigenvalue weighted by Crippen LogP contribution is -2.33. The molecular formula is C12H14FNO3. The fraction of sp³-hybridized carbons (Fsp3) is 0.333. The number of carbonyl (C=O) groups excluding carboxylic acids is 2. The van der Waals surface area contributed by atoms with Crippen LogP contribution in [0.15, 0.2) is 24.3 Å². The summed E-state index contributed by atoms with van der Waals surface area (Å²) >= 11 is 0. The fourth-order valence-electron chi connectivity index (χ4n) is 1.31. The number of halogens is 1. The van der Waals surface area contributed by atoms with Gasteiger partial charge in [0.05, 0.1) is 12.2 Å². The molecule has 0 saturated heterocycles. The number of hydrogen-bond acceptors (Lipinski definition) is 3. The van der Waals surface area contributed by atoms with Crippen molar-refractivity contribution in [3.63, 3.8) is 0 Å². The Labute approximate surface area is 99.0 Å². The zero-order chi connectivity index (χ0) is 12.8. The van der Waals surface area contributed by atoms with Gasteiger partial charge in [-0.1, -0.05) is 12.1 Å². The third kappa shape index (κ3) is 3.55. The Morgan fingerprint density at radius 3 is 2.59 bits per heavy atom. The van der Waals surface area contributed by atoms with Crippen LogP contribution in [0.3, 0.4) is 0 Å². The summed E-state index contributed by atoms with van der Waals surface area (Å²) in [6, 6.07) is 5.64. The molecule has 1 aromatic rings. The predicted molar refractivity (Wildman–Crippen MR) is 60.0 cm³/mol. The van der Waals surface area contributed by atoms with Gasteiger partial charge in [-0.15, -0.1) is 0 Å². The predicted octanol–water partition coefficient (Wildman–Crippen LogP) is 1.46. The van der Waals surface area contributed by atoms with Crippen LogP contribution in [-0.2, 0) is 9.53 Å². The van der Waals surface area contributed by atoms with Gasteiger partial charge in [-0.25, -0.2) is 4.39 Å². The highest BCUT2D eigenvalue weighted by Crippen LogP contribution is 2.08. The van der Waals surface area contributed by atoms with E-state index in [1.54, 1.807) is 13.0 Å². The van der Waals surface area contributed by atoms with Gasteiger partial charge in [-0.3, -0.25) is 9.59 Å². The lowest BCUT2D eigenvalue weighted by atomic mass is 10.2. The number of rotatable bonds is 4. The van der Waals surface area contributed by atoms with Gasteiger partial charge < -0.3 is 9.64 Å². The Morgan fingerprint density at radius 2 is 2.00 bits per heavy atom. The van der Waals surface area contributed by atoms with Crippen molar-refractivity contribution < 1.29 is 18.7 Å². The lowest BCUT2D eigenvalue weighted by molar-refractivity contribution is -0.143. The average Bonchev–Trinajstić information content (AvgIpc) is 2.29. The summed E-state index contributed by atoms with van der Waals surface area (Å²) in [7, 11) is 1.42. The van der Waals surface area contributed by atoms with E-state index >= 15 is 0 Å². The number of ether oxygens (including phenoxy) is 1. The molecule has 92 valence electrons. The maximum Gasteiger partial charge on any atom is 0.325 e. The van der Waals surface area contributed by atoms with Gasteiger partial charge in [0.1, 0.15) is 12.4 Å². The molecular weight excluding hydrogens is 225 g/mol. The number of esters is 1. The Kier molecular flexibility index (Phi) is 4.63. The largest absolute Gasteiger partial charge is 0.465 e. The number of amides is 1. The molecule has 0 aliphatic carbocycles. The van der Waals surface area contributed by atoms with Crippen molar-refractivity contribution in [1.82, 2.24) is 4.90 Å². The molecule has 0 heterocycles. The van der Waals surface area contributed by atoms with Crippen molar-refractivity contribution in [2.45, 2.75) is 6.92 Å². The van der Waals surface area contributed by atoms with Crippen LogP contribution in [0.25, 0.3) is 0 Å². The number of benzene rings is 1. The van der Waals surface area contributed by atoms with E-state index in [0.29, 0.717) is 0 Å². The molecule has 0 atom stereocenters. The maximum atomic E-state index is 13.3. The number of carbonyl (C=O) groups is 2. The highest BCUT2D eigenvalue weighted by molar-refractivity contribution is 5.96.